The fraction of sp³-hybridized carbons (Fsp3) is 0.525. The van der Waals surface area contributed by atoms with E-state index < -0.39 is 53.1 Å². The summed E-state index contributed by atoms with van der Waals surface area (Å²) in [6.45, 7) is 3.78. The molecule has 0 aromatic heterocycles. The van der Waals surface area contributed by atoms with Crippen LogP contribution < -0.4 is 21.4 Å². The van der Waals surface area contributed by atoms with E-state index in [0.29, 0.717) is 23.6 Å². The molecule has 1 spiro atoms. The summed E-state index contributed by atoms with van der Waals surface area (Å²) in [5.41, 5.74) is 4.16. The van der Waals surface area contributed by atoms with Gasteiger partial charge in [-0.15, -0.1) is 0 Å². The summed E-state index contributed by atoms with van der Waals surface area (Å²) in [5, 5.41) is 9.18. The zero-order valence-corrected chi connectivity index (χ0v) is 30.8. The summed E-state index contributed by atoms with van der Waals surface area (Å²) >= 11 is 6.28. The molecule has 0 radical (unpaired) electrons. The van der Waals surface area contributed by atoms with Gasteiger partial charge in [-0.05, 0) is 61.8 Å². The highest BCUT2D eigenvalue weighted by Gasteiger charge is 2.53. The molecule has 2 aliphatic carbocycles. The fourth-order valence-electron chi connectivity index (χ4n) is 7.70. The van der Waals surface area contributed by atoms with Gasteiger partial charge in [0.1, 0.15) is 17.7 Å². The van der Waals surface area contributed by atoms with Gasteiger partial charge in [-0.2, -0.15) is 0 Å². The number of likely N-dealkylation sites (tertiary alicyclic amines) is 1. The number of ketones is 1. The maximum absolute atomic E-state index is 14.9. The molecule has 2 aromatic rings. The van der Waals surface area contributed by atoms with E-state index in [9.17, 15) is 24.0 Å². The molecular formula is C40H50ClN5O6. The first-order chi connectivity index (χ1) is 25.1. The normalized spacial score (nSPS) is 23.2. The van der Waals surface area contributed by atoms with Crippen molar-refractivity contribution in [2.24, 2.45) is 5.92 Å². The maximum atomic E-state index is 14.9. The van der Waals surface area contributed by atoms with E-state index in [-0.39, 0.29) is 37.3 Å². The van der Waals surface area contributed by atoms with E-state index in [1.165, 1.54) is 11.3 Å². The minimum absolute atomic E-state index is 0.00600. The smallest absolute Gasteiger partial charge is 0.289 e. The van der Waals surface area contributed by atoms with Crippen LogP contribution in [0, 0.1) is 5.92 Å². The number of hydrogen-bond donors (Lipinski definition) is 4. The van der Waals surface area contributed by atoms with Gasteiger partial charge >= 0.3 is 0 Å². The van der Waals surface area contributed by atoms with E-state index in [1.54, 1.807) is 12.1 Å². The quantitative estimate of drug-likeness (QED) is 0.201. The monoisotopic (exact) mass is 731 g/mol. The molecule has 2 heterocycles. The molecule has 278 valence electrons. The first-order valence-corrected chi connectivity index (χ1v) is 19.2. The van der Waals surface area contributed by atoms with Gasteiger partial charge in [0, 0.05) is 35.4 Å². The Kier molecular flexibility index (Phi) is 12.0. The third-order valence-corrected chi connectivity index (χ3v) is 11.0. The Hall–Kier alpha value is -4.22. The number of nitrogens with zero attached hydrogens (tertiary/aromatic N) is 1. The van der Waals surface area contributed by atoms with Crippen molar-refractivity contribution >= 4 is 46.7 Å². The summed E-state index contributed by atoms with van der Waals surface area (Å²) in [6.07, 6.45) is 10.1. The molecule has 11 nitrogen and oxygen atoms in total. The number of amides is 4. The molecule has 0 bridgehead atoms. The molecule has 52 heavy (non-hydrogen) atoms. The van der Waals surface area contributed by atoms with E-state index in [2.05, 4.69) is 21.4 Å². The average Bonchev–Trinajstić information content (AvgIpc) is 3.74. The molecule has 0 unspecified atom stereocenters. The first kappa shape index (κ1) is 37.5. The number of benzene rings is 2. The van der Waals surface area contributed by atoms with Crippen molar-refractivity contribution in [2.75, 3.05) is 6.54 Å². The molecule has 1 saturated heterocycles. The van der Waals surface area contributed by atoms with E-state index >= 15 is 0 Å². The first-order valence-electron chi connectivity index (χ1n) is 18.8. The Morgan fingerprint density at radius 3 is 2.42 bits per heavy atom. The summed E-state index contributed by atoms with van der Waals surface area (Å²) < 4.78 is 0. The molecule has 5 atom stereocenters. The van der Waals surface area contributed by atoms with Crippen molar-refractivity contribution in [1.29, 1.82) is 0 Å². The predicted octanol–water partition coefficient (Wildman–Crippen LogP) is 4.95. The van der Waals surface area contributed by atoms with Crippen LogP contribution in [0.4, 0.5) is 0 Å². The number of hydrogen-bond acceptors (Lipinski definition) is 7. The highest BCUT2D eigenvalue weighted by molar-refractivity contribution is 6.38. The second kappa shape index (κ2) is 16.6. The van der Waals surface area contributed by atoms with Gasteiger partial charge < -0.3 is 20.9 Å². The molecule has 2 saturated carbocycles. The Bertz CT molecular complexity index is 1680. The number of rotatable bonds is 14. The molecule has 4 N–H and O–H groups in total. The van der Waals surface area contributed by atoms with Gasteiger partial charge in [0.2, 0.25) is 23.5 Å². The van der Waals surface area contributed by atoms with E-state index in [1.807, 2.05) is 62.4 Å². The lowest BCUT2D eigenvalue weighted by atomic mass is 9.86. The van der Waals surface area contributed by atoms with Crippen LogP contribution in [-0.4, -0.2) is 70.6 Å². The van der Waals surface area contributed by atoms with Crippen LogP contribution in [0.5, 0.6) is 0 Å². The summed E-state index contributed by atoms with van der Waals surface area (Å²) in [5.74, 6) is -2.77. The highest BCUT2D eigenvalue weighted by atomic mass is 35.5. The summed E-state index contributed by atoms with van der Waals surface area (Å²) in [4.78, 5) is 76.5. The van der Waals surface area contributed by atoms with E-state index in [0.717, 1.165) is 49.7 Å². The van der Waals surface area contributed by atoms with Gasteiger partial charge in [-0.3, -0.25) is 34.3 Å². The molecular weight excluding hydrogens is 682 g/mol. The molecule has 12 heteroatoms. The minimum Gasteiger partial charge on any atom is -0.347 e. The topological polar surface area (TPSA) is 146 Å². The van der Waals surface area contributed by atoms with Gasteiger partial charge in [0.05, 0.1) is 18.3 Å². The lowest BCUT2D eigenvalue weighted by Crippen LogP contribution is -2.57. The number of hydroxylamine groups is 1. The second-order valence-electron chi connectivity index (χ2n) is 14.9. The van der Waals surface area contributed by atoms with Crippen LogP contribution in [0.2, 0.25) is 5.02 Å². The van der Waals surface area contributed by atoms with Crippen LogP contribution in [-0.2, 0) is 28.8 Å². The predicted molar refractivity (Wildman–Crippen MR) is 197 cm³/mol. The lowest BCUT2D eigenvalue weighted by Gasteiger charge is -2.33. The summed E-state index contributed by atoms with van der Waals surface area (Å²) in [7, 11) is 0. The van der Waals surface area contributed by atoms with Crippen LogP contribution >= 0.6 is 11.6 Å². The van der Waals surface area contributed by atoms with E-state index in [4.69, 9.17) is 16.4 Å². The molecule has 2 aromatic carbocycles. The Morgan fingerprint density at radius 2 is 1.73 bits per heavy atom. The second-order valence-corrected chi connectivity index (χ2v) is 15.4. The molecule has 4 amide bonds. The Labute approximate surface area is 310 Å². The number of carbonyl (C=O) groups excluding carboxylic acids is 5. The van der Waals surface area contributed by atoms with Gasteiger partial charge in [0.25, 0.3) is 5.91 Å². The fourth-order valence-corrected chi connectivity index (χ4v) is 7.89. The lowest BCUT2D eigenvalue weighted by molar-refractivity contribution is -0.144. The number of carbonyl (C=O) groups is 5. The standard InChI is InChI=1S/C40H50ClN5O6/c1-3-11-31(36(48)38(50)42-30-18-19-30)43-37(49)33-23-40(22-32(45-52-40)28-16-10-17-29(41)21-28)24-46(33)39(51)35(25(2)27-14-8-5-9-15-27)44-34(47)20-26-12-6-4-7-13-26/h5,8-10,14-17,21-22,25-26,30-31,33,35,45H,3-4,6-7,11-13,18-20,23-24H2,1-2H3,(H,42,50)(H,43,49)(H,44,47)/t25-,31-,33-,35-,40+/m0/s1. The Balaban J connectivity index is 1.30. The SMILES string of the molecule is CCC[C@H](NC(=O)[C@@H]1C[C@]2(C=C(c3cccc(Cl)c3)NO2)CN1C(=O)[C@@H](NC(=O)CC1CCCCC1)[C@@H](C)c1ccccc1)C(=O)C(=O)NC1CC1. The molecule has 2 aliphatic heterocycles. The van der Waals surface area contributed by atoms with Crippen LogP contribution in [0.3, 0.4) is 0 Å². The van der Waals surface area contributed by atoms with Crippen molar-refractivity contribution in [3.63, 3.8) is 0 Å². The average molecular weight is 732 g/mol. The molecule has 6 rings (SSSR count). The third kappa shape index (κ3) is 9.04. The number of halogens is 1. The van der Waals surface area contributed by atoms with Gasteiger partial charge in [-0.1, -0.05) is 93.6 Å². The Morgan fingerprint density at radius 1 is 0.981 bits per heavy atom. The van der Waals surface area contributed by atoms with Gasteiger partial charge in [0.15, 0.2) is 0 Å². The molecule has 4 aliphatic rings. The van der Waals surface area contributed by atoms with Crippen molar-refractivity contribution < 1.29 is 28.8 Å². The van der Waals surface area contributed by atoms with Crippen molar-refractivity contribution in [2.45, 2.75) is 120 Å². The van der Waals surface area contributed by atoms with Crippen LogP contribution in [0.1, 0.15) is 102 Å². The maximum Gasteiger partial charge on any atom is 0.289 e. The molecule has 3 fully saturated rings. The zero-order valence-electron chi connectivity index (χ0n) is 30.0. The minimum atomic E-state index is -1.10. The van der Waals surface area contributed by atoms with Crippen molar-refractivity contribution in [1.82, 2.24) is 26.3 Å². The van der Waals surface area contributed by atoms with Crippen LogP contribution in [0.25, 0.3) is 5.70 Å². The van der Waals surface area contributed by atoms with Crippen molar-refractivity contribution in [3.8, 4) is 0 Å². The zero-order chi connectivity index (χ0) is 36.8. The largest absolute Gasteiger partial charge is 0.347 e. The van der Waals surface area contributed by atoms with Gasteiger partial charge in [-0.25, -0.2) is 0 Å². The highest BCUT2D eigenvalue weighted by Crippen LogP contribution is 2.39. The van der Waals surface area contributed by atoms with Crippen LogP contribution in [0.15, 0.2) is 60.7 Å². The number of Topliss-reactive ketones (excluding diaryl/α,β-unsaturated/α-hetero) is 1. The summed E-state index contributed by atoms with van der Waals surface area (Å²) in [6, 6.07) is 13.7. The third-order valence-electron chi connectivity index (χ3n) is 10.8. The van der Waals surface area contributed by atoms with Crippen molar-refractivity contribution in [3.05, 3.63) is 76.8 Å². The number of nitrogens with one attached hydrogen (secondary N) is 4.